The molecule has 0 bridgehead atoms. The molecule has 0 radical (unpaired) electrons. The Labute approximate surface area is 123 Å². The molecule has 3 atom stereocenters. The van der Waals surface area contributed by atoms with Gasteiger partial charge in [-0.05, 0) is 45.2 Å². The molecule has 3 nitrogen and oxygen atoms in total. The van der Waals surface area contributed by atoms with E-state index in [0.717, 1.165) is 26.0 Å². The molecule has 112 valence electrons. The summed E-state index contributed by atoms with van der Waals surface area (Å²) in [7, 11) is 0. The van der Waals surface area contributed by atoms with Gasteiger partial charge >= 0.3 is 0 Å². The van der Waals surface area contributed by atoms with Crippen LogP contribution in [0.3, 0.4) is 0 Å². The van der Waals surface area contributed by atoms with E-state index in [1.807, 2.05) is 0 Å². The third-order valence-corrected chi connectivity index (χ3v) is 4.03. The summed E-state index contributed by atoms with van der Waals surface area (Å²) in [6.07, 6.45) is 2.33. The number of hydrogen-bond donors (Lipinski definition) is 1. The van der Waals surface area contributed by atoms with Crippen molar-refractivity contribution in [2.24, 2.45) is 5.73 Å². The van der Waals surface area contributed by atoms with Gasteiger partial charge in [0.2, 0.25) is 0 Å². The van der Waals surface area contributed by atoms with Crippen LogP contribution in [0.25, 0.3) is 0 Å². The summed E-state index contributed by atoms with van der Waals surface area (Å²) in [6, 6.07) is 7.40. The molecule has 1 heterocycles. The SMILES string of the molecule is CCC1COC(C)CN1c1ccc(C)cc1CC(C)N. The monoisotopic (exact) mass is 276 g/mol. The third-order valence-electron chi connectivity index (χ3n) is 4.03. The van der Waals surface area contributed by atoms with Gasteiger partial charge in [-0.25, -0.2) is 0 Å². The summed E-state index contributed by atoms with van der Waals surface area (Å²) in [4.78, 5) is 2.52. The second kappa shape index (κ2) is 6.59. The maximum atomic E-state index is 6.02. The van der Waals surface area contributed by atoms with Crippen molar-refractivity contribution in [1.82, 2.24) is 0 Å². The molecule has 0 spiro atoms. The van der Waals surface area contributed by atoms with Crippen molar-refractivity contribution in [3.05, 3.63) is 29.3 Å². The molecule has 0 saturated carbocycles. The maximum Gasteiger partial charge on any atom is 0.0723 e. The first kappa shape index (κ1) is 15.3. The Morgan fingerprint density at radius 1 is 1.45 bits per heavy atom. The Kier molecular flexibility index (Phi) is 5.06. The summed E-state index contributed by atoms with van der Waals surface area (Å²) in [5.41, 5.74) is 10.0. The minimum absolute atomic E-state index is 0.189. The maximum absolute atomic E-state index is 6.02. The number of rotatable bonds is 4. The van der Waals surface area contributed by atoms with Crippen molar-refractivity contribution < 1.29 is 4.74 Å². The van der Waals surface area contributed by atoms with Crippen LogP contribution in [0.2, 0.25) is 0 Å². The highest BCUT2D eigenvalue weighted by atomic mass is 16.5. The molecule has 3 unspecified atom stereocenters. The molecule has 1 aliphatic heterocycles. The first-order valence-electron chi connectivity index (χ1n) is 7.74. The molecule has 0 aromatic heterocycles. The second-order valence-corrected chi connectivity index (χ2v) is 6.17. The number of benzene rings is 1. The van der Waals surface area contributed by atoms with Gasteiger partial charge in [0.25, 0.3) is 0 Å². The predicted octanol–water partition coefficient (Wildman–Crippen LogP) is 2.89. The van der Waals surface area contributed by atoms with Crippen LogP contribution >= 0.6 is 0 Å². The van der Waals surface area contributed by atoms with Crippen LogP contribution < -0.4 is 10.6 Å². The average Bonchev–Trinajstić information content (AvgIpc) is 2.38. The number of ether oxygens (including phenoxy) is 1. The van der Waals surface area contributed by atoms with E-state index < -0.39 is 0 Å². The van der Waals surface area contributed by atoms with Crippen LogP contribution in [-0.4, -0.2) is 31.3 Å². The van der Waals surface area contributed by atoms with Gasteiger partial charge in [0.1, 0.15) is 0 Å². The van der Waals surface area contributed by atoms with E-state index in [-0.39, 0.29) is 6.04 Å². The van der Waals surface area contributed by atoms with Crippen LogP contribution in [0.15, 0.2) is 18.2 Å². The number of nitrogens with zero attached hydrogens (tertiary/aromatic N) is 1. The lowest BCUT2D eigenvalue weighted by Crippen LogP contribution is -2.49. The molecule has 0 amide bonds. The van der Waals surface area contributed by atoms with Crippen molar-refractivity contribution in [3.8, 4) is 0 Å². The fraction of sp³-hybridized carbons (Fsp3) is 0.647. The first-order valence-corrected chi connectivity index (χ1v) is 7.74. The molecule has 2 N–H and O–H groups in total. The molecule has 20 heavy (non-hydrogen) atoms. The van der Waals surface area contributed by atoms with Crippen molar-refractivity contribution in [3.63, 3.8) is 0 Å². The molecular weight excluding hydrogens is 248 g/mol. The Morgan fingerprint density at radius 3 is 2.85 bits per heavy atom. The lowest BCUT2D eigenvalue weighted by molar-refractivity contribution is 0.0299. The number of aryl methyl sites for hydroxylation is 1. The van der Waals surface area contributed by atoms with Crippen LogP contribution in [0.4, 0.5) is 5.69 Å². The topological polar surface area (TPSA) is 38.5 Å². The van der Waals surface area contributed by atoms with Gasteiger partial charge in [-0.3, -0.25) is 0 Å². The Morgan fingerprint density at radius 2 is 2.20 bits per heavy atom. The number of nitrogens with two attached hydrogens (primary N) is 1. The van der Waals surface area contributed by atoms with Crippen molar-refractivity contribution >= 4 is 5.69 Å². The van der Waals surface area contributed by atoms with Crippen LogP contribution in [-0.2, 0) is 11.2 Å². The summed E-state index contributed by atoms with van der Waals surface area (Å²) in [6.45, 7) is 10.4. The standard InChI is InChI=1S/C17H28N2O/c1-5-16-11-20-14(4)10-19(16)17-7-6-12(2)8-15(17)9-13(3)18/h6-8,13-14,16H,5,9-11,18H2,1-4H3. The summed E-state index contributed by atoms with van der Waals surface area (Å²) >= 11 is 0. The molecule has 3 heteroatoms. The Balaban J connectivity index is 2.33. The highest BCUT2D eigenvalue weighted by molar-refractivity contribution is 5.56. The second-order valence-electron chi connectivity index (χ2n) is 6.17. The predicted molar refractivity (Wildman–Crippen MR) is 85.4 cm³/mol. The summed E-state index contributed by atoms with van der Waals surface area (Å²) in [5, 5.41) is 0. The number of morpholine rings is 1. The number of anilines is 1. The highest BCUT2D eigenvalue weighted by Gasteiger charge is 2.27. The molecule has 1 aromatic rings. The normalized spacial score (nSPS) is 24.8. The molecule has 1 saturated heterocycles. The molecule has 1 aliphatic rings. The van der Waals surface area contributed by atoms with Gasteiger partial charge in [0, 0.05) is 18.3 Å². The van der Waals surface area contributed by atoms with E-state index in [9.17, 15) is 0 Å². The van der Waals surface area contributed by atoms with Crippen LogP contribution in [0.1, 0.15) is 38.3 Å². The lowest BCUT2D eigenvalue weighted by Gasteiger charge is -2.41. The van der Waals surface area contributed by atoms with Gasteiger partial charge in [-0.2, -0.15) is 0 Å². The Hall–Kier alpha value is -1.06. The minimum Gasteiger partial charge on any atom is -0.375 e. The first-order chi connectivity index (χ1) is 9.51. The molecule has 2 rings (SSSR count). The Bertz CT molecular complexity index is 445. The highest BCUT2D eigenvalue weighted by Crippen LogP contribution is 2.28. The lowest BCUT2D eigenvalue weighted by atomic mass is 9.99. The van der Waals surface area contributed by atoms with Crippen molar-refractivity contribution in [2.45, 2.75) is 58.7 Å². The van der Waals surface area contributed by atoms with Crippen LogP contribution in [0, 0.1) is 6.92 Å². The zero-order valence-corrected chi connectivity index (χ0v) is 13.2. The smallest absolute Gasteiger partial charge is 0.0723 e. The van der Waals surface area contributed by atoms with Crippen molar-refractivity contribution in [2.75, 3.05) is 18.1 Å². The minimum atomic E-state index is 0.189. The van der Waals surface area contributed by atoms with E-state index >= 15 is 0 Å². The largest absolute Gasteiger partial charge is 0.375 e. The van der Waals surface area contributed by atoms with E-state index in [2.05, 4.69) is 50.8 Å². The van der Waals surface area contributed by atoms with Crippen LogP contribution in [0.5, 0.6) is 0 Å². The van der Waals surface area contributed by atoms with Gasteiger partial charge in [-0.15, -0.1) is 0 Å². The van der Waals surface area contributed by atoms with E-state index in [4.69, 9.17) is 10.5 Å². The molecule has 1 fully saturated rings. The molecule has 0 aliphatic carbocycles. The average molecular weight is 276 g/mol. The third kappa shape index (κ3) is 3.53. The number of hydrogen-bond acceptors (Lipinski definition) is 3. The fourth-order valence-electron chi connectivity index (χ4n) is 2.98. The molecule has 1 aromatic carbocycles. The van der Waals surface area contributed by atoms with Gasteiger partial charge < -0.3 is 15.4 Å². The van der Waals surface area contributed by atoms with E-state index in [1.54, 1.807) is 0 Å². The quantitative estimate of drug-likeness (QED) is 0.919. The van der Waals surface area contributed by atoms with Gasteiger partial charge in [0.05, 0.1) is 18.8 Å². The summed E-state index contributed by atoms with van der Waals surface area (Å²) < 4.78 is 5.81. The van der Waals surface area contributed by atoms with Crippen molar-refractivity contribution in [1.29, 1.82) is 0 Å². The zero-order chi connectivity index (χ0) is 14.7. The molecular formula is C17H28N2O. The van der Waals surface area contributed by atoms with Gasteiger partial charge in [-0.1, -0.05) is 24.6 Å². The summed E-state index contributed by atoms with van der Waals surface area (Å²) in [5.74, 6) is 0. The van der Waals surface area contributed by atoms with E-state index in [1.165, 1.54) is 16.8 Å². The fourth-order valence-corrected chi connectivity index (χ4v) is 2.98. The van der Waals surface area contributed by atoms with Gasteiger partial charge in [0.15, 0.2) is 0 Å². The zero-order valence-electron chi connectivity index (χ0n) is 13.2. The van der Waals surface area contributed by atoms with E-state index in [0.29, 0.717) is 12.1 Å².